The quantitative estimate of drug-likeness (QED) is 0.657. The summed E-state index contributed by atoms with van der Waals surface area (Å²) < 4.78 is 0. The molecule has 0 aliphatic carbocycles. The van der Waals surface area contributed by atoms with E-state index in [0.717, 1.165) is 13.1 Å². The third-order valence-corrected chi connectivity index (χ3v) is 2.33. The Kier molecular flexibility index (Phi) is 3.26. The summed E-state index contributed by atoms with van der Waals surface area (Å²) >= 11 is 0. The van der Waals surface area contributed by atoms with Crippen LogP contribution in [0.5, 0.6) is 0 Å². The van der Waals surface area contributed by atoms with Gasteiger partial charge in [0.25, 0.3) is 0 Å². The van der Waals surface area contributed by atoms with Gasteiger partial charge in [-0.15, -0.1) is 0 Å². The average molecular weight is 181 g/mol. The lowest BCUT2D eigenvalue weighted by atomic mass is 10.1. The molecule has 1 fully saturated rings. The Morgan fingerprint density at radius 2 is 2.46 bits per heavy atom. The fourth-order valence-electron chi connectivity index (χ4n) is 1.69. The van der Waals surface area contributed by atoms with Crippen molar-refractivity contribution >= 4 is 5.91 Å². The van der Waals surface area contributed by atoms with Gasteiger partial charge < -0.3 is 5.32 Å². The fourth-order valence-corrected chi connectivity index (χ4v) is 1.69. The normalized spacial score (nSPS) is 29.5. The minimum atomic E-state index is -0.244. The maximum atomic E-state index is 11.5. The highest BCUT2D eigenvalue weighted by molar-refractivity contribution is 5.83. The molecule has 1 N–H and O–H groups in total. The van der Waals surface area contributed by atoms with Crippen molar-refractivity contribution in [3.8, 4) is 6.07 Å². The third kappa shape index (κ3) is 2.19. The number of carbonyl (C=O) groups excluding carboxylic acids is 1. The second kappa shape index (κ2) is 4.24. The number of amides is 1. The summed E-state index contributed by atoms with van der Waals surface area (Å²) in [6, 6.07) is 2.00. The van der Waals surface area contributed by atoms with Crippen molar-refractivity contribution in [1.29, 1.82) is 5.26 Å². The zero-order valence-electron chi connectivity index (χ0n) is 8.08. The second-order valence-corrected chi connectivity index (χ2v) is 3.38. The van der Waals surface area contributed by atoms with E-state index in [1.807, 2.05) is 24.8 Å². The number of likely N-dealkylation sites (N-methyl/N-ethyl adjacent to an activating group) is 1. The Labute approximate surface area is 78.5 Å². The topological polar surface area (TPSA) is 56.1 Å². The van der Waals surface area contributed by atoms with Crippen molar-refractivity contribution in [3.05, 3.63) is 0 Å². The number of piperazine rings is 1. The van der Waals surface area contributed by atoms with E-state index in [4.69, 9.17) is 5.26 Å². The van der Waals surface area contributed by atoms with Crippen LogP contribution in [0.3, 0.4) is 0 Å². The van der Waals surface area contributed by atoms with Gasteiger partial charge in [0.05, 0.1) is 12.5 Å². The molecule has 1 aliphatic rings. The standard InChI is InChI=1S/C9H15N3O/c1-3-12-6-7(2)11-9(13)8(12)4-5-10/h7-8H,3-4,6H2,1-2H3,(H,11,13). The molecule has 1 heterocycles. The third-order valence-electron chi connectivity index (χ3n) is 2.33. The lowest BCUT2D eigenvalue weighted by molar-refractivity contribution is -0.130. The fraction of sp³-hybridized carbons (Fsp3) is 0.778. The summed E-state index contributed by atoms with van der Waals surface area (Å²) in [4.78, 5) is 13.5. The van der Waals surface area contributed by atoms with Crippen LogP contribution in [0.25, 0.3) is 0 Å². The molecule has 0 saturated carbocycles. The number of rotatable bonds is 2. The van der Waals surface area contributed by atoms with Gasteiger partial charge in [-0.25, -0.2) is 0 Å². The van der Waals surface area contributed by atoms with Crippen molar-refractivity contribution in [1.82, 2.24) is 10.2 Å². The summed E-state index contributed by atoms with van der Waals surface area (Å²) in [6.45, 7) is 5.65. The van der Waals surface area contributed by atoms with E-state index in [-0.39, 0.29) is 24.4 Å². The molecular formula is C9H15N3O. The highest BCUT2D eigenvalue weighted by atomic mass is 16.2. The molecule has 0 bridgehead atoms. The van der Waals surface area contributed by atoms with Crippen LogP contribution < -0.4 is 5.32 Å². The predicted octanol–water partition coefficient (Wildman–Crippen LogP) is 0.109. The average Bonchev–Trinajstić information content (AvgIpc) is 2.09. The van der Waals surface area contributed by atoms with Crippen LogP contribution in [-0.2, 0) is 4.79 Å². The van der Waals surface area contributed by atoms with Gasteiger partial charge in [-0.05, 0) is 13.5 Å². The molecule has 1 rings (SSSR count). The van der Waals surface area contributed by atoms with E-state index in [1.165, 1.54) is 0 Å². The maximum absolute atomic E-state index is 11.5. The predicted molar refractivity (Wildman–Crippen MR) is 48.9 cm³/mol. The van der Waals surface area contributed by atoms with E-state index in [2.05, 4.69) is 5.32 Å². The summed E-state index contributed by atoms with van der Waals surface area (Å²) in [6.07, 6.45) is 0.284. The van der Waals surface area contributed by atoms with Gasteiger partial charge in [0.15, 0.2) is 0 Å². The van der Waals surface area contributed by atoms with Gasteiger partial charge in [-0.3, -0.25) is 9.69 Å². The van der Waals surface area contributed by atoms with Crippen LogP contribution in [0.2, 0.25) is 0 Å². The van der Waals surface area contributed by atoms with Crippen molar-refractivity contribution in [2.45, 2.75) is 32.4 Å². The van der Waals surface area contributed by atoms with Gasteiger partial charge in [-0.1, -0.05) is 6.92 Å². The lowest BCUT2D eigenvalue weighted by Gasteiger charge is -2.36. The van der Waals surface area contributed by atoms with E-state index in [0.29, 0.717) is 0 Å². The number of carbonyl (C=O) groups is 1. The molecule has 4 nitrogen and oxygen atoms in total. The van der Waals surface area contributed by atoms with Crippen molar-refractivity contribution in [2.24, 2.45) is 0 Å². The first-order valence-corrected chi connectivity index (χ1v) is 4.60. The number of nitrogens with one attached hydrogen (secondary N) is 1. The first kappa shape index (κ1) is 10.0. The number of nitriles is 1. The van der Waals surface area contributed by atoms with Crippen LogP contribution in [-0.4, -0.2) is 36.0 Å². The smallest absolute Gasteiger partial charge is 0.238 e. The van der Waals surface area contributed by atoms with Crippen LogP contribution in [0.15, 0.2) is 0 Å². The summed E-state index contributed by atoms with van der Waals surface area (Å²) in [7, 11) is 0. The van der Waals surface area contributed by atoms with Crippen LogP contribution >= 0.6 is 0 Å². The van der Waals surface area contributed by atoms with E-state index in [9.17, 15) is 4.79 Å². The zero-order valence-corrected chi connectivity index (χ0v) is 8.08. The molecule has 2 atom stereocenters. The van der Waals surface area contributed by atoms with Crippen molar-refractivity contribution < 1.29 is 4.79 Å². The molecule has 1 saturated heterocycles. The SMILES string of the molecule is CCN1CC(C)NC(=O)C1CC#N. The molecule has 0 aromatic carbocycles. The molecule has 13 heavy (non-hydrogen) atoms. The van der Waals surface area contributed by atoms with Gasteiger partial charge >= 0.3 is 0 Å². The molecule has 1 amide bonds. The summed E-state index contributed by atoms with van der Waals surface area (Å²) in [5, 5.41) is 11.4. The Hall–Kier alpha value is -1.08. The molecule has 72 valence electrons. The number of hydrogen-bond acceptors (Lipinski definition) is 3. The molecule has 0 radical (unpaired) electrons. The van der Waals surface area contributed by atoms with Crippen LogP contribution in [0.4, 0.5) is 0 Å². The highest BCUT2D eigenvalue weighted by Gasteiger charge is 2.31. The Balaban J connectivity index is 2.67. The monoisotopic (exact) mass is 181 g/mol. The van der Waals surface area contributed by atoms with E-state index < -0.39 is 0 Å². The van der Waals surface area contributed by atoms with Gasteiger partial charge in [0, 0.05) is 12.6 Å². The summed E-state index contributed by atoms with van der Waals surface area (Å²) in [5.74, 6) is -0.0119. The highest BCUT2D eigenvalue weighted by Crippen LogP contribution is 2.10. The number of nitrogens with zero attached hydrogens (tertiary/aromatic N) is 2. The van der Waals surface area contributed by atoms with E-state index in [1.54, 1.807) is 0 Å². The Morgan fingerprint density at radius 3 is 3.00 bits per heavy atom. The first-order chi connectivity index (χ1) is 6.19. The van der Waals surface area contributed by atoms with Crippen LogP contribution in [0.1, 0.15) is 20.3 Å². The van der Waals surface area contributed by atoms with Gasteiger partial charge in [0.1, 0.15) is 6.04 Å². The Morgan fingerprint density at radius 1 is 1.77 bits per heavy atom. The summed E-state index contributed by atoms with van der Waals surface area (Å²) in [5.41, 5.74) is 0. The van der Waals surface area contributed by atoms with Gasteiger partial charge in [-0.2, -0.15) is 5.26 Å². The molecule has 1 aliphatic heterocycles. The van der Waals surface area contributed by atoms with Crippen molar-refractivity contribution in [2.75, 3.05) is 13.1 Å². The second-order valence-electron chi connectivity index (χ2n) is 3.38. The molecule has 0 aromatic rings. The van der Waals surface area contributed by atoms with Crippen molar-refractivity contribution in [3.63, 3.8) is 0 Å². The molecule has 4 heteroatoms. The minimum Gasteiger partial charge on any atom is -0.351 e. The molecular weight excluding hydrogens is 166 g/mol. The largest absolute Gasteiger partial charge is 0.351 e. The molecule has 2 unspecified atom stereocenters. The Bertz CT molecular complexity index is 234. The zero-order chi connectivity index (χ0) is 9.84. The maximum Gasteiger partial charge on any atom is 0.238 e. The molecule has 0 spiro atoms. The van der Waals surface area contributed by atoms with E-state index >= 15 is 0 Å². The van der Waals surface area contributed by atoms with Gasteiger partial charge in [0.2, 0.25) is 5.91 Å². The first-order valence-electron chi connectivity index (χ1n) is 4.60. The van der Waals surface area contributed by atoms with Crippen LogP contribution in [0, 0.1) is 11.3 Å². The molecule has 0 aromatic heterocycles. The minimum absolute atomic E-state index is 0.0119. The number of hydrogen-bond donors (Lipinski definition) is 1. The lowest BCUT2D eigenvalue weighted by Crippen LogP contribution is -2.58.